The molecule has 1 saturated heterocycles. The summed E-state index contributed by atoms with van der Waals surface area (Å²) in [5.74, 6) is 0.992. The largest absolute Gasteiger partial charge is 0.356 e. The van der Waals surface area contributed by atoms with Crippen molar-refractivity contribution >= 4 is 27.2 Å². The quantitative estimate of drug-likeness (QED) is 0.844. The Morgan fingerprint density at radius 1 is 1.26 bits per heavy atom. The molecule has 2 aromatic rings. The zero-order chi connectivity index (χ0) is 19.6. The molecule has 0 saturated carbocycles. The Kier molecular flexibility index (Phi) is 5.46. The van der Waals surface area contributed by atoms with Crippen LogP contribution in [0.4, 0.5) is 11.5 Å². The molecule has 8 heteroatoms. The predicted molar refractivity (Wildman–Crippen MR) is 106 cm³/mol. The minimum Gasteiger partial charge on any atom is -0.356 e. The first-order valence-corrected chi connectivity index (χ1v) is 10.8. The molecule has 3 rings (SSSR count). The van der Waals surface area contributed by atoms with Crippen LogP contribution in [0.3, 0.4) is 0 Å². The van der Waals surface area contributed by atoms with E-state index in [2.05, 4.69) is 22.2 Å². The second-order valence-corrected chi connectivity index (χ2v) is 9.06. The van der Waals surface area contributed by atoms with Crippen LogP contribution < -0.4 is 10.2 Å². The van der Waals surface area contributed by atoms with Crippen LogP contribution in [0, 0.1) is 6.92 Å². The summed E-state index contributed by atoms with van der Waals surface area (Å²) in [5.41, 5.74) is 2.15. The molecule has 1 N–H and O–H groups in total. The van der Waals surface area contributed by atoms with E-state index in [0.717, 1.165) is 6.42 Å². The first-order valence-electron chi connectivity index (χ1n) is 8.96. The smallest absolute Gasteiger partial charge is 0.274 e. The van der Waals surface area contributed by atoms with Crippen molar-refractivity contribution in [1.82, 2.24) is 9.97 Å². The molecule has 1 fully saturated rings. The lowest BCUT2D eigenvalue weighted by molar-refractivity contribution is 0.102. The molecule has 1 unspecified atom stereocenters. The van der Waals surface area contributed by atoms with Gasteiger partial charge in [0.05, 0.1) is 11.5 Å². The van der Waals surface area contributed by atoms with Crippen molar-refractivity contribution in [3.05, 3.63) is 47.4 Å². The standard InChI is InChI=1S/C19H24N4O3S/c1-4-14-5-7-15(8-6-14)22-19(24)17-11-18(21-13(2)20-17)23(3)16-9-10-27(25,26)12-16/h5-8,11,16H,4,9-10,12H2,1-3H3,(H,22,24). The monoisotopic (exact) mass is 388 g/mol. The van der Waals surface area contributed by atoms with Crippen LogP contribution in [0.15, 0.2) is 30.3 Å². The maximum Gasteiger partial charge on any atom is 0.274 e. The number of amides is 1. The molecule has 1 atom stereocenters. The molecular formula is C19H24N4O3S. The third-order valence-corrected chi connectivity index (χ3v) is 6.54. The highest BCUT2D eigenvalue weighted by Gasteiger charge is 2.31. The number of carbonyl (C=O) groups is 1. The van der Waals surface area contributed by atoms with Gasteiger partial charge in [-0.05, 0) is 37.5 Å². The summed E-state index contributed by atoms with van der Waals surface area (Å²) < 4.78 is 23.5. The fourth-order valence-electron chi connectivity index (χ4n) is 3.14. The number of anilines is 2. The first-order chi connectivity index (χ1) is 12.8. The van der Waals surface area contributed by atoms with Crippen molar-refractivity contribution < 1.29 is 13.2 Å². The van der Waals surface area contributed by atoms with Crippen LogP contribution in [-0.4, -0.2) is 48.9 Å². The molecular weight excluding hydrogens is 364 g/mol. The summed E-state index contributed by atoms with van der Waals surface area (Å²) in [4.78, 5) is 23.0. The molecule has 1 aliphatic heterocycles. The van der Waals surface area contributed by atoms with Crippen LogP contribution in [0.25, 0.3) is 0 Å². The number of aromatic nitrogens is 2. The predicted octanol–water partition coefficient (Wildman–Crippen LogP) is 2.22. The van der Waals surface area contributed by atoms with Crippen molar-refractivity contribution in [3.63, 3.8) is 0 Å². The lowest BCUT2D eigenvalue weighted by Gasteiger charge is -2.25. The van der Waals surface area contributed by atoms with Crippen molar-refractivity contribution in [1.29, 1.82) is 0 Å². The highest BCUT2D eigenvalue weighted by molar-refractivity contribution is 7.91. The van der Waals surface area contributed by atoms with Gasteiger partial charge in [-0.1, -0.05) is 19.1 Å². The zero-order valence-electron chi connectivity index (χ0n) is 15.8. The van der Waals surface area contributed by atoms with E-state index < -0.39 is 9.84 Å². The zero-order valence-corrected chi connectivity index (χ0v) is 16.6. The highest BCUT2D eigenvalue weighted by Crippen LogP contribution is 2.22. The van der Waals surface area contributed by atoms with Gasteiger partial charge in [-0.2, -0.15) is 0 Å². The Bertz CT molecular complexity index is 942. The maximum absolute atomic E-state index is 12.6. The number of benzene rings is 1. The van der Waals surface area contributed by atoms with Crippen LogP contribution in [0.2, 0.25) is 0 Å². The summed E-state index contributed by atoms with van der Waals surface area (Å²) in [6.07, 6.45) is 1.50. The number of hydrogen-bond acceptors (Lipinski definition) is 6. The molecule has 0 radical (unpaired) electrons. The number of rotatable bonds is 5. The van der Waals surface area contributed by atoms with Gasteiger partial charge in [0.25, 0.3) is 5.91 Å². The van der Waals surface area contributed by atoms with E-state index in [1.807, 2.05) is 29.2 Å². The number of nitrogens with one attached hydrogen (secondary N) is 1. The normalized spacial score (nSPS) is 18.3. The SMILES string of the molecule is CCc1ccc(NC(=O)c2cc(N(C)C3CCS(=O)(=O)C3)nc(C)n2)cc1. The molecule has 1 aliphatic rings. The maximum atomic E-state index is 12.6. The molecule has 2 heterocycles. The van der Waals surface area contributed by atoms with E-state index >= 15 is 0 Å². The van der Waals surface area contributed by atoms with Gasteiger partial charge in [-0.15, -0.1) is 0 Å². The number of aryl methyl sites for hydroxylation is 2. The lowest BCUT2D eigenvalue weighted by Crippen LogP contribution is -2.33. The van der Waals surface area contributed by atoms with Gasteiger partial charge in [0.15, 0.2) is 9.84 Å². The van der Waals surface area contributed by atoms with Gasteiger partial charge >= 0.3 is 0 Å². The Labute approximate surface area is 159 Å². The van der Waals surface area contributed by atoms with E-state index in [9.17, 15) is 13.2 Å². The van der Waals surface area contributed by atoms with Gasteiger partial charge in [0, 0.05) is 24.8 Å². The van der Waals surface area contributed by atoms with E-state index in [1.165, 1.54) is 5.56 Å². The second kappa shape index (κ2) is 7.64. The summed E-state index contributed by atoms with van der Waals surface area (Å²) in [7, 11) is -1.19. The number of sulfone groups is 1. The molecule has 0 spiro atoms. The average molecular weight is 388 g/mol. The molecule has 1 aromatic carbocycles. The average Bonchev–Trinajstić information content (AvgIpc) is 3.01. The van der Waals surface area contributed by atoms with Crippen molar-refractivity contribution in [2.24, 2.45) is 0 Å². The number of carbonyl (C=O) groups excluding carboxylic acids is 1. The summed E-state index contributed by atoms with van der Waals surface area (Å²) >= 11 is 0. The number of nitrogens with zero attached hydrogens (tertiary/aromatic N) is 3. The third kappa shape index (κ3) is 4.63. The molecule has 0 bridgehead atoms. The van der Waals surface area contributed by atoms with Gasteiger partial charge in [-0.25, -0.2) is 18.4 Å². The summed E-state index contributed by atoms with van der Waals surface area (Å²) in [6, 6.07) is 9.14. The van der Waals surface area contributed by atoms with Crippen molar-refractivity contribution in [3.8, 4) is 0 Å². The van der Waals surface area contributed by atoms with Crippen molar-refractivity contribution in [2.75, 3.05) is 28.8 Å². The van der Waals surface area contributed by atoms with E-state index in [-0.39, 0.29) is 29.1 Å². The highest BCUT2D eigenvalue weighted by atomic mass is 32.2. The van der Waals surface area contributed by atoms with Crippen LogP contribution in [0.1, 0.15) is 35.2 Å². The Morgan fingerprint density at radius 2 is 1.96 bits per heavy atom. The minimum atomic E-state index is -3.00. The summed E-state index contributed by atoms with van der Waals surface area (Å²) in [5, 5.41) is 2.84. The topological polar surface area (TPSA) is 92.3 Å². The van der Waals surface area contributed by atoms with E-state index in [0.29, 0.717) is 23.8 Å². The molecule has 0 aliphatic carbocycles. The Balaban J connectivity index is 1.78. The van der Waals surface area contributed by atoms with Gasteiger partial charge in [0.2, 0.25) is 0 Å². The van der Waals surface area contributed by atoms with Crippen LogP contribution in [-0.2, 0) is 16.3 Å². The minimum absolute atomic E-state index is 0.109. The van der Waals surface area contributed by atoms with Gasteiger partial charge < -0.3 is 10.2 Å². The van der Waals surface area contributed by atoms with E-state index in [4.69, 9.17) is 0 Å². The third-order valence-electron chi connectivity index (χ3n) is 4.79. The lowest BCUT2D eigenvalue weighted by atomic mass is 10.1. The first kappa shape index (κ1) is 19.3. The fraction of sp³-hybridized carbons (Fsp3) is 0.421. The van der Waals surface area contributed by atoms with Crippen molar-refractivity contribution in [2.45, 2.75) is 32.7 Å². The Morgan fingerprint density at radius 3 is 2.56 bits per heavy atom. The summed E-state index contributed by atoms with van der Waals surface area (Å²) in [6.45, 7) is 3.79. The molecule has 1 aromatic heterocycles. The number of hydrogen-bond donors (Lipinski definition) is 1. The second-order valence-electron chi connectivity index (χ2n) is 6.83. The molecule has 144 valence electrons. The molecule has 7 nitrogen and oxygen atoms in total. The van der Waals surface area contributed by atoms with E-state index in [1.54, 1.807) is 20.0 Å². The van der Waals surface area contributed by atoms with Crippen LogP contribution >= 0.6 is 0 Å². The molecule has 27 heavy (non-hydrogen) atoms. The van der Waals surface area contributed by atoms with Gasteiger partial charge in [0.1, 0.15) is 17.3 Å². The van der Waals surface area contributed by atoms with Gasteiger partial charge in [-0.3, -0.25) is 4.79 Å². The Hall–Kier alpha value is -2.48. The van der Waals surface area contributed by atoms with Crippen LogP contribution in [0.5, 0.6) is 0 Å². The fourth-order valence-corrected chi connectivity index (χ4v) is 4.91. The molecule has 1 amide bonds.